The van der Waals surface area contributed by atoms with Crippen LogP contribution in [0.4, 0.5) is 21.6 Å². The minimum atomic E-state index is -0.558. The molecule has 47 heavy (non-hydrogen) atoms. The van der Waals surface area contributed by atoms with Gasteiger partial charge in [-0.3, -0.25) is 14.7 Å². The van der Waals surface area contributed by atoms with Gasteiger partial charge in [0, 0.05) is 17.8 Å². The van der Waals surface area contributed by atoms with E-state index in [4.69, 9.17) is 20.9 Å². The van der Waals surface area contributed by atoms with E-state index in [1.165, 1.54) is 64.2 Å². The summed E-state index contributed by atoms with van der Waals surface area (Å²) in [6.45, 7) is 4.88. The first-order valence-electron chi connectivity index (χ1n) is 16.0. The van der Waals surface area contributed by atoms with Gasteiger partial charge in [-0.15, -0.1) is 0 Å². The Morgan fingerprint density at radius 2 is 1.36 bits per heavy atom. The van der Waals surface area contributed by atoms with Crippen molar-refractivity contribution in [1.82, 2.24) is 28.9 Å². The first-order valence-corrected chi connectivity index (χ1v) is 17.5. The third kappa shape index (κ3) is 9.60. The van der Waals surface area contributed by atoms with Crippen molar-refractivity contribution in [3.8, 4) is 11.8 Å². The standard InChI is InChI=1S/C17H23N5O2S.C14H19N5O2S/c1-10-8-13(20-11(2)19-10)21-17-14(15(18)23)16(22-25-17)24-9-12-6-4-3-5-7-12;15-12(20)11-13(21-8-9-4-2-1-3-5-9)19-22-14(11)17-10-6-7-16-18-10/h8,12H,3-7,9H2,1-2H3,(H2,18,23)(H,19,20,21);6-7,9H,1-5,8H2,(H2,15,20)(H2,16,17,18). The van der Waals surface area contributed by atoms with Gasteiger partial charge in [-0.1, -0.05) is 38.5 Å². The highest BCUT2D eigenvalue weighted by molar-refractivity contribution is 7.11. The number of hydrogen-bond acceptors (Lipinski definition) is 13. The average molecular weight is 683 g/mol. The summed E-state index contributed by atoms with van der Waals surface area (Å²) in [5.74, 6) is 2.53. The Bertz CT molecular complexity index is 1590. The summed E-state index contributed by atoms with van der Waals surface area (Å²) in [5.41, 5.74) is 12.5. The van der Waals surface area contributed by atoms with Gasteiger partial charge >= 0.3 is 0 Å². The zero-order valence-electron chi connectivity index (χ0n) is 26.7. The molecule has 7 N–H and O–H groups in total. The second-order valence-corrected chi connectivity index (χ2v) is 13.5. The predicted molar refractivity (Wildman–Crippen MR) is 182 cm³/mol. The van der Waals surface area contributed by atoms with E-state index in [2.05, 4.69) is 39.5 Å². The molecule has 16 heteroatoms. The zero-order chi connectivity index (χ0) is 33.2. The van der Waals surface area contributed by atoms with Crippen LogP contribution in [-0.4, -0.2) is 53.9 Å². The second-order valence-electron chi connectivity index (χ2n) is 11.9. The first-order chi connectivity index (χ1) is 22.8. The normalized spacial score (nSPS) is 15.4. The number of aromatic nitrogens is 6. The summed E-state index contributed by atoms with van der Waals surface area (Å²) >= 11 is 2.30. The maximum Gasteiger partial charge on any atom is 0.257 e. The fourth-order valence-corrected chi connectivity index (χ4v) is 7.30. The number of anilines is 4. The summed E-state index contributed by atoms with van der Waals surface area (Å²) in [6, 6.07) is 3.56. The largest absolute Gasteiger partial charge is 0.476 e. The van der Waals surface area contributed by atoms with Gasteiger partial charge in [-0.2, -0.15) is 13.8 Å². The summed E-state index contributed by atoms with van der Waals surface area (Å²) in [6.07, 6.45) is 13.9. The van der Waals surface area contributed by atoms with Gasteiger partial charge in [0.05, 0.1) is 19.4 Å². The number of nitrogens with two attached hydrogens (primary N) is 2. The molecule has 0 atom stereocenters. The molecule has 252 valence electrons. The summed E-state index contributed by atoms with van der Waals surface area (Å²) < 4.78 is 20.1. The molecule has 14 nitrogen and oxygen atoms in total. The fraction of sp³-hybridized carbons (Fsp3) is 0.516. The van der Waals surface area contributed by atoms with Gasteiger partial charge in [0.15, 0.2) is 0 Å². The number of ether oxygens (including phenoxy) is 2. The van der Waals surface area contributed by atoms with Crippen LogP contribution in [-0.2, 0) is 0 Å². The molecule has 0 radical (unpaired) electrons. The van der Waals surface area contributed by atoms with E-state index >= 15 is 0 Å². The molecule has 0 aromatic carbocycles. The highest BCUT2D eigenvalue weighted by Crippen LogP contribution is 2.35. The average Bonchev–Trinajstić information content (AvgIpc) is 3.81. The van der Waals surface area contributed by atoms with Gasteiger partial charge in [0.2, 0.25) is 11.8 Å². The van der Waals surface area contributed by atoms with Crippen molar-refractivity contribution in [3.63, 3.8) is 0 Å². The third-order valence-corrected chi connectivity index (χ3v) is 9.62. The number of primary amides is 2. The third-order valence-electron chi connectivity index (χ3n) is 8.13. The molecular formula is C31H42N10O4S2. The molecule has 6 rings (SSSR count). The molecule has 2 saturated carbocycles. The van der Waals surface area contributed by atoms with E-state index in [1.54, 1.807) is 18.3 Å². The second kappa shape index (κ2) is 16.5. The van der Waals surface area contributed by atoms with Crippen LogP contribution in [0.15, 0.2) is 18.3 Å². The van der Waals surface area contributed by atoms with E-state index in [0.717, 1.165) is 28.8 Å². The Morgan fingerprint density at radius 3 is 1.83 bits per heavy atom. The molecule has 2 amide bonds. The van der Waals surface area contributed by atoms with E-state index in [0.29, 0.717) is 69.8 Å². The maximum absolute atomic E-state index is 11.9. The number of carbonyl (C=O) groups excluding carboxylic acids is 2. The maximum atomic E-state index is 11.9. The monoisotopic (exact) mass is 682 g/mol. The molecule has 4 aromatic heterocycles. The fourth-order valence-electron chi connectivity index (χ4n) is 5.80. The lowest BCUT2D eigenvalue weighted by Crippen LogP contribution is -2.18. The van der Waals surface area contributed by atoms with Crippen LogP contribution in [0, 0.1) is 25.7 Å². The molecule has 2 aliphatic carbocycles. The molecule has 2 fully saturated rings. The predicted octanol–water partition coefficient (Wildman–Crippen LogP) is 6.02. The molecule has 4 aromatic rings. The van der Waals surface area contributed by atoms with E-state index in [1.807, 2.05) is 13.8 Å². The Kier molecular flexibility index (Phi) is 11.9. The Morgan fingerprint density at radius 1 is 0.830 bits per heavy atom. The highest BCUT2D eigenvalue weighted by atomic mass is 32.1. The number of amides is 2. The van der Waals surface area contributed by atoms with Crippen LogP contribution in [0.2, 0.25) is 0 Å². The molecule has 0 spiro atoms. The molecule has 0 bridgehead atoms. The number of nitrogens with zero attached hydrogens (tertiary/aromatic N) is 5. The van der Waals surface area contributed by atoms with Crippen LogP contribution in [0.1, 0.15) is 96.4 Å². The Labute approximate surface area is 281 Å². The topological polar surface area (TPSA) is 209 Å². The summed E-state index contributed by atoms with van der Waals surface area (Å²) in [5, 5.41) is 13.9. The number of carbonyl (C=O) groups is 2. The van der Waals surface area contributed by atoms with Crippen molar-refractivity contribution in [1.29, 1.82) is 0 Å². The minimum Gasteiger partial charge on any atom is -0.476 e. The minimum absolute atomic E-state index is 0.287. The molecule has 2 aliphatic rings. The Hall–Kier alpha value is -4.31. The molecule has 0 saturated heterocycles. The van der Waals surface area contributed by atoms with Crippen molar-refractivity contribution >= 4 is 56.5 Å². The quantitative estimate of drug-likeness (QED) is 0.117. The molecule has 0 unspecified atom stereocenters. The lowest BCUT2D eigenvalue weighted by Gasteiger charge is -2.21. The number of H-pyrrole nitrogens is 1. The zero-order valence-corrected chi connectivity index (χ0v) is 28.3. The van der Waals surface area contributed by atoms with Gasteiger partial charge in [-0.05, 0) is 74.4 Å². The van der Waals surface area contributed by atoms with E-state index in [9.17, 15) is 9.59 Å². The van der Waals surface area contributed by atoms with Gasteiger partial charge in [0.25, 0.3) is 11.8 Å². The van der Waals surface area contributed by atoms with Crippen molar-refractivity contribution in [2.45, 2.75) is 78.1 Å². The summed E-state index contributed by atoms with van der Waals surface area (Å²) in [4.78, 5) is 32.2. The van der Waals surface area contributed by atoms with Gasteiger partial charge in [-0.25, -0.2) is 9.97 Å². The lowest BCUT2D eigenvalue weighted by molar-refractivity contribution is 0.0986. The van der Waals surface area contributed by atoms with Crippen LogP contribution in [0.5, 0.6) is 11.8 Å². The van der Waals surface area contributed by atoms with Crippen LogP contribution >= 0.6 is 23.1 Å². The summed E-state index contributed by atoms with van der Waals surface area (Å²) in [7, 11) is 0. The van der Waals surface area contributed by atoms with Crippen molar-refractivity contribution < 1.29 is 19.1 Å². The lowest BCUT2D eigenvalue weighted by atomic mass is 9.90. The number of aryl methyl sites for hydroxylation is 2. The number of nitrogens with one attached hydrogen (secondary N) is 3. The highest BCUT2D eigenvalue weighted by Gasteiger charge is 2.24. The smallest absolute Gasteiger partial charge is 0.257 e. The van der Waals surface area contributed by atoms with Crippen LogP contribution in [0.25, 0.3) is 0 Å². The van der Waals surface area contributed by atoms with Crippen LogP contribution < -0.4 is 31.6 Å². The SMILES string of the molecule is Cc1cc(Nc2snc(OCC3CCCCC3)c2C(N)=O)nc(C)n1.NC(=O)c1c(OCC2CCCCC2)nsc1Nc1ccn[nH]1. The van der Waals surface area contributed by atoms with Crippen molar-refractivity contribution in [2.75, 3.05) is 23.8 Å². The number of hydrogen-bond donors (Lipinski definition) is 5. The Balaban J connectivity index is 0.000000186. The van der Waals surface area contributed by atoms with E-state index in [-0.39, 0.29) is 5.56 Å². The number of aromatic amines is 1. The molecule has 0 aliphatic heterocycles. The van der Waals surface area contributed by atoms with E-state index < -0.39 is 11.8 Å². The van der Waals surface area contributed by atoms with Crippen LogP contribution in [0.3, 0.4) is 0 Å². The van der Waals surface area contributed by atoms with Crippen molar-refractivity contribution in [3.05, 3.63) is 41.0 Å². The van der Waals surface area contributed by atoms with Gasteiger partial charge in [0.1, 0.15) is 38.6 Å². The van der Waals surface area contributed by atoms with Gasteiger partial charge < -0.3 is 31.6 Å². The molecule has 4 heterocycles. The molecular weight excluding hydrogens is 641 g/mol. The van der Waals surface area contributed by atoms with Crippen molar-refractivity contribution in [2.24, 2.45) is 23.3 Å². The first kappa shape index (κ1) is 34.0. The number of rotatable bonds is 12.